The Morgan fingerprint density at radius 1 is 1.19 bits per heavy atom. The van der Waals surface area contributed by atoms with Crippen LogP contribution in [0.3, 0.4) is 0 Å². The number of ether oxygens (including phenoxy) is 1. The number of phenolic OH excluding ortho intramolecular Hbond substituents is 1. The van der Waals surface area contributed by atoms with E-state index in [-0.39, 0.29) is 18.8 Å². The summed E-state index contributed by atoms with van der Waals surface area (Å²) in [5, 5.41) is 15.2. The second-order valence-corrected chi connectivity index (χ2v) is 5.32. The summed E-state index contributed by atoms with van der Waals surface area (Å²) in [4.78, 5) is 4.32. The number of aliphatic imine (C=N–C) groups is 1. The van der Waals surface area contributed by atoms with Crippen molar-refractivity contribution in [2.75, 3.05) is 6.54 Å². The molecule has 5 nitrogen and oxygen atoms in total. The van der Waals surface area contributed by atoms with Gasteiger partial charge in [-0.1, -0.05) is 24.3 Å². The number of guanidine groups is 1. The van der Waals surface area contributed by atoms with E-state index in [4.69, 9.17) is 0 Å². The predicted molar refractivity (Wildman–Crippen MR) is 92.8 cm³/mol. The van der Waals surface area contributed by atoms with Crippen LogP contribution >= 0.6 is 0 Å². The Kier molecular flexibility index (Phi) is 7.13. The quantitative estimate of drug-likeness (QED) is 0.518. The summed E-state index contributed by atoms with van der Waals surface area (Å²) >= 11 is 0. The molecule has 140 valence electrons. The van der Waals surface area contributed by atoms with Crippen LogP contribution in [0.2, 0.25) is 0 Å². The summed E-state index contributed by atoms with van der Waals surface area (Å²) in [5.41, 5.74) is 1.13. The van der Waals surface area contributed by atoms with Crippen molar-refractivity contribution in [1.82, 2.24) is 10.6 Å². The van der Waals surface area contributed by atoms with E-state index in [1.807, 2.05) is 6.92 Å². The van der Waals surface area contributed by atoms with E-state index in [2.05, 4.69) is 20.4 Å². The molecule has 0 fully saturated rings. The van der Waals surface area contributed by atoms with Crippen molar-refractivity contribution < 1.29 is 23.0 Å². The van der Waals surface area contributed by atoms with Crippen molar-refractivity contribution in [3.63, 3.8) is 0 Å². The number of para-hydroxylation sites is 1. The molecule has 0 bridgehead atoms. The zero-order valence-electron chi connectivity index (χ0n) is 14.2. The Balaban J connectivity index is 2.05. The summed E-state index contributed by atoms with van der Waals surface area (Å²) in [6, 6.07) is 10.5. The summed E-state index contributed by atoms with van der Waals surface area (Å²) in [7, 11) is 0. The fourth-order valence-corrected chi connectivity index (χ4v) is 2.20. The molecule has 3 N–H and O–H groups in total. The van der Waals surface area contributed by atoms with Crippen molar-refractivity contribution in [1.29, 1.82) is 0 Å². The molecule has 26 heavy (non-hydrogen) atoms. The summed E-state index contributed by atoms with van der Waals surface area (Å²) in [6.45, 7) is -0.0289. The molecule has 2 aromatic carbocycles. The summed E-state index contributed by atoms with van der Waals surface area (Å²) in [6.07, 6.45) is 0. The van der Waals surface area contributed by atoms with Gasteiger partial charge in [-0.25, -0.2) is 9.38 Å². The highest BCUT2D eigenvalue weighted by Crippen LogP contribution is 2.20. The fourth-order valence-electron chi connectivity index (χ4n) is 2.20. The third-order valence-corrected chi connectivity index (χ3v) is 3.41. The molecule has 0 aliphatic heterocycles. The number of phenols is 1. The molecule has 0 spiro atoms. The highest BCUT2D eigenvalue weighted by atomic mass is 19.3. The molecule has 0 heterocycles. The van der Waals surface area contributed by atoms with Crippen LogP contribution in [-0.4, -0.2) is 24.2 Å². The number of nitrogens with zero attached hydrogens (tertiary/aromatic N) is 1. The average Bonchev–Trinajstić information content (AvgIpc) is 2.61. The number of hydrogen-bond donors (Lipinski definition) is 3. The number of rotatable bonds is 7. The van der Waals surface area contributed by atoms with Crippen LogP contribution in [0.25, 0.3) is 0 Å². The molecule has 2 aromatic rings. The zero-order chi connectivity index (χ0) is 18.9. The van der Waals surface area contributed by atoms with Gasteiger partial charge in [-0.2, -0.15) is 8.78 Å². The molecule has 0 aromatic heterocycles. The monoisotopic (exact) mass is 367 g/mol. The average molecular weight is 367 g/mol. The molecule has 0 saturated carbocycles. The Bertz CT molecular complexity index is 754. The fraction of sp³-hybridized carbons (Fsp3) is 0.278. The van der Waals surface area contributed by atoms with Gasteiger partial charge in [0, 0.05) is 18.7 Å². The van der Waals surface area contributed by atoms with Crippen LogP contribution in [-0.2, 0) is 13.1 Å². The van der Waals surface area contributed by atoms with Crippen molar-refractivity contribution in [3.05, 3.63) is 59.4 Å². The Morgan fingerprint density at radius 2 is 1.96 bits per heavy atom. The van der Waals surface area contributed by atoms with E-state index in [9.17, 15) is 18.3 Å². The van der Waals surface area contributed by atoms with E-state index < -0.39 is 18.2 Å². The van der Waals surface area contributed by atoms with Crippen molar-refractivity contribution in [2.45, 2.75) is 26.6 Å². The van der Waals surface area contributed by atoms with Crippen molar-refractivity contribution >= 4 is 5.96 Å². The van der Waals surface area contributed by atoms with Crippen molar-refractivity contribution in [2.24, 2.45) is 4.99 Å². The second kappa shape index (κ2) is 9.55. The third-order valence-electron chi connectivity index (χ3n) is 3.41. The Hall–Kier alpha value is -2.90. The first kappa shape index (κ1) is 19.4. The molecule has 0 atom stereocenters. The molecule has 8 heteroatoms. The molecular weight excluding hydrogens is 347 g/mol. The van der Waals surface area contributed by atoms with Gasteiger partial charge in [0.25, 0.3) is 0 Å². The van der Waals surface area contributed by atoms with Gasteiger partial charge in [0.2, 0.25) is 0 Å². The number of halogens is 3. The highest BCUT2D eigenvalue weighted by Gasteiger charge is 2.09. The molecule has 0 unspecified atom stereocenters. The minimum Gasteiger partial charge on any atom is -0.505 e. The van der Waals surface area contributed by atoms with E-state index in [0.29, 0.717) is 23.6 Å². The summed E-state index contributed by atoms with van der Waals surface area (Å²) in [5.74, 6) is -0.605. The molecule has 0 aliphatic carbocycles. The van der Waals surface area contributed by atoms with Gasteiger partial charge >= 0.3 is 6.61 Å². The van der Waals surface area contributed by atoms with E-state index in [1.165, 1.54) is 18.2 Å². The number of hydrogen-bond acceptors (Lipinski definition) is 3. The molecule has 0 saturated heterocycles. The molecule has 2 rings (SSSR count). The van der Waals surface area contributed by atoms with Gasteiger partial charge in [-0.15, -0.1) is 0 Å². The van der Waals surface area contributed by atoms with Gasteiger partial charge in [0.1, 0.15) is 5.75 Å². The minimum absolute atomic E-state index is 0.0893. The number of benzene rings is 2. The second-order valence-electron chi connectivity index (χ2n) is 5.32. The van der Waals surface area contributed by atoms with E-state index in [1.54, 1.807) is 24.3 Å². The predicted octanol–water partition coefficient (Wildman–Crippen LogP) is 3.39. The van der Waals surface area contributed by atoms with Gasteiger partial charge in [0.15, 0.2) is 17.5 Å². The lowest BCUT2D eigenvalue weighted by Gasteiger charge is -2.14. The standard InChI is InChI=1S/C18H20F3N3O2/c1-2-22-18(23-10-12-7-8-15(25)14(19)9-12)24-11-13-5-3-4-6-16(13)26-17(20)21/h3-9,17,25H,2,10-11H2,1H3,(H2,22,23,24). The summed E-state index contributed by atoms with van der Waals surface area (Å²) < 4.78 is 42.8. The first-order chi connectivity index (χ1) is 12.5. The number of aromatic hydroxyl groups is 1. The zero-order valence-corrected chi connectivity index (χ0v) is 14.2. The lowest BCUT2D eigenvalue weighted by Crippen LogP contribution is -2.36. The highest BCUT2D eigenvalue weighted by molar-refractivity contribution is 5.79. The lowest BCUT2D eigenvalue weighted by atomic mass is 10.2. The third kappa shape index (κ3) is 5.87. The Morgan fingerprint density at radius 3 is 2.65 bits per heavy atom. The first-order valence-corrected chi connectivity index (χ1v) is 8.02. The van der Waals surface area contributed by atoms with Gasteiger partial charge in [-0.05, 0) is 30.7 Å². The molecule has 0 aliphatic rings. The van der Waals surface area contributed by atoms with Crippen LogP contribution in [0.1, 0.15) is 18.1 Å². The molecule has 0 radical (unpaired) electrons. The molecular formula is C18H20F3N3O2. The largest absolute Gasteiger partial charge is 0.505 e. The first-order valence-electron chi connectivity index (χ1n) is 8.02. The van der Waals surface area contributed by atoms with Crippen LogP contribution in [0.15, 0.2) is 47.5 Å². The number of nitrogens with one attached hydrogen (secondary N) is 2. The van der Waals surface area contributed by atoms with Crippen LogP contribution < -0.4 is 15.4 Å². The maximum Gasteiger partial charge on any atom is 0.387 e. The number of alkyl halides is 2. The van der Waals surface area contributed by atoms with Crippen LogP contribution in [0.5, 0.6) is 11.5 Å². The van der Waals surface area contributed by atoms with Gasteiger partial charge in [-0.3, -0.25) is 0 Å². The van der Waals surface area contributed by atoms with Gasteiger partial charge in [0.05, 0.1) is 6.54 Å². The SMILES string of the molecule is CCNC(=NCc1ccc(O)c(F)c1)NCc1ccccc1OC(F)F. The van der Waals surface area contributed by atoms with E-state index >= 15 is 0 Å². The molecule has 0 amide bonds. The topological polar surface area (TPSA) is 65.9 Å². The maximum absolute atomic E-state index is 13.4. The van der Waals surface area contributed by atoms with Crippen LogP contribution in [0, 0.1) is 5.82 Å². The van der Waals surface area contributed by atoms with E-state index in [0.717, 1.165) is 0 Å². The smallest absolute Gasteiger partial charge is 0.387 e. The van der Waals surface area contributed by atoms with Gasteiger partial charge < -0.3 is 20.5 Å². The van der Waals surface area contributed by atoms with Crippen LogP contribution in [0.4, 0.5) is 13.2 Å². The normalized spacial score (nSPS) is 11.5. The lowest BCUT2D eigenvalue weighted by molar-refractivity contribution is -0.0504. The van der Waals surface area contributed by atoms with Crippen molar-refractivity contribution in [3.8, 4) is 11.5 Å². The maximum atomic E-state index is 13.4. The Labute approximate surface area is 149 Å². The minimum atomic E-state index is -2.90.